The van der Waals surface area contributed by atoms with Gasteiger partial charge in [-0.2, -0.15) is 0 Å². The zero-order chi connectivity index (χ0) is 17.9. The molecule has 1 aliphatic rings. The summed E-state index contributed by atoms with van der Waals surface area (Å²) < 4.78 is 16.0. The summed E-state index contributed by atoms with van der Waals surface area (Å²) in [7, 11) is 0. The number of aromatic nitrogens is 2. The molecular formula is C18H16N4O4. The van der Waals surface area contributed by atoms with Crippen molar-refractivity contribution in [1.82, 2.24) is 10.1 Å². The number of fused-ring (bicyclic) bond motifs is 1. The smallest absolute Gasteiger partial charge is 0.258 e. The van der Waals surface area contributed by atoms with Gasteiger partial charge >= 0.3 is 0 Å². The third-order valence-corrected chi connectivity index (χ3v) is 3.71. The van der Waals surface area contributed by atoms with Crippen LogP contribution in [0.15, 0.2) is 47.1 Å². The van der Waals surface area contributed by atoms with Crippen molar-refractivity contribution >= 4 is 23.2 Å². The Balaban J connectivity index is 1.43. The third-order valence-electron chi connectivity index (χ3n) is 3.71. The number of anilines is 3. The van der Waals surface area contributed by atoms with Crippen molar-refractivity contribution in [3.63, 3.8) is 0 Å². The van der Waals surface area contributed by atoms with Crippen LogP contribution in [0.2, 0.25) is 0 Å². The Morgan fingerprint density at radius 3 is 2.62 bits per heavy atom. The van der Waals surface area contributed by atoms with Crippen LogP contribution in [0.1, 0.15) is 16.1 Å². The average Bonchev–Trinajstić information content (AvgIpc) is 3.07. The van der Waals surface area contributed by atoms with Crippen molar-refractivity contribution in [2.75, 3.05) is 23.8 Å². The van der Waals surface area contributed by atoms with E-state index in [4.69, 9.17) is 14.0 Å². The Morgan fingerprint density at radius 1 is 1.04 bits per heavy atom. The van der Waals surface area contributed by atoms with E-state index < -0.39 is 0 Å². The number of rotatable bonds is 4. The van der Waals surface area contributed by atoms with E-state index in [2.05, 4.69) is 20.8 Å². The molecule has 0 saturated carbocycles. The number of carbonyl (C=O) groups excluding carboxylic acids is 1. The number of benzene rings is 1. The molecule has 0 saturated heterocycles. The molecule has 4 rings (SSSR count). The van der Waals surface area contributed by atoms with E-state index >= 15 is 0 Å². The van der Waals surface area contributed by atoms with Gasteiger partial charge in [0, 0.05) is 24.0 Å². The highest BCUT2D eigenvalue weighted by Crippen LogP contribution is 2.33. The predicted molar refractivity (Wildman–Crippen MR) is 94.1 cm³/mol. The molecule has 0 radical (unpaired) electrons. The molecular weight excluding hydrogens is 336 g/mol. The quantitative estimate of drug-likeness (QED) is 0.744. The van der Waals surface area contributed by atoms with Crippen molar-refractivity contribution < 1.29 is 18.8 Å². The fraction of sp³-hybridized carbons (Fsp3) is 0.167. The van der Waals surface area contributed by atoms with E-state index in [9.17, 15) is 4.79 Å². The molecule has 26 heavy (non-hydrogen) atoms. The summed E-state index contributed by atoms with van der Waals surface area (Å²) in [6, 6.07) is 10.6. The molecule has 0 unspecified atom stereocenters. The number of pyridine rings is 1. The first-order chi connectivity index (χ1) is 12.7. The second-order valence-corrected chi connectivity index (χ2v) is 5.69. The van der Waals surface area contributed by atoms with E-state index in [0.29, 0.717) is 41.9 Å². The summed E-state index contributed by atoms with van der Waals surface area (Å²) in [4.78, 5) is 16.4. The van der Waals surface area contributed by atoms with Gasteiger partial charge in [-0.1, -0.05) is 5.16 Å². The largest absolute Gasteiger partial charge is 0.486 e. The van der Waals surface area contributed by atoms with Crippen LogP contribution in [-0.4, -0.2) is 29.3 Å². The predicted octanol–water partition coefficient (Wildman–Crippen LogP) is 3.15. The van der Waals surface area contributed by atoms with E-state index in [0.717, 1.165) is 11.4 Å². The number of ether oxygens (including phenoxy) is 2. The molecule has 0 aliphatic carbocycles. The first kappa shape index (κ1) is 15.9. The number of aryl methyl sites for hydroxylation is 1. The van der Waals surface area contributed by atoms with Crippen molar-refractivity contribution in [3.05, 3.63) is 53.9 Å². The molecule has 0 spiro atoms. The Hall–Kier alpha value is -3.55. The molecule has 132 valence electrons. The molecule has 2 aromatic heterocycles. The van der Waals surface area contributed by atoms with Gasteiger partial charge in [0.15, 0.2) is 17.3 Å². The van der Waals surface area contributed by atoms with E-state index in [1.165, 1.54) is 6.20 Å². The zero-order valence-electron chi connectivity index (χ0n) is 14.0. The summed E-state index contributed by atoms with van der Waals surface area (Å²) in [5, 5.41) is 9.54. The summed E-state index contributed by atoms with van der Waals surface area (Å²) in [6.07, 6.45) is 1.49. The van der Waals surface area contributed by atoms with E-state index in [1.807, 2.05) is 18.2 Å². The Bertz CT molecular complexity index is 937. The fourth-order valence-electron chi connectivity index (χ4n) is 2.48. The second-order valence-electron chi connectivity index (χ2n) is 5.69. The minimum atomic E-state index is -0.309. The van der Waals surface area contributed by atoms with Crippen LogP contribution in [0.3, 0.4) is 0 Å². The van der Waals surface area contributed by atoms with Crippen LogP contribution in [0.4, 0.5) is 17.3 Å². The monoisotopic (exact) mass is 352 g/mol. The maximum atomic E-state index is 12.2. The molecule has 3 aromatic rings. The molecule has 0 atom stereocenters. The number of carbonyl (C=O) groups is 1. The van der Waals surface area contributed by atoms with Gasteiger partial charge in [0.2, 0.25) is 0 Å². The number of nitrogens with zero attached hydrogens (tertiary/aromatic N) is 2. The lowest BCUT2D eigenvalue weighted by Crippen LogP contribution is -2.15. The molecule has 1 aromatic carbocycles. The SMILES string of the molecule is Cc1cc(NC(=O)c2ccc(Nc3ccc4c(c3)OCCO4)nc2)no1. The summed E-state index contributed by atoms with van der Waals surface area (Å²) in [5.41, 5.74) is 1.23. The van der Waals surface area contributed by atoms with Crippen LogP contribution >= 0.6 is 0 Å². The zero-order valence-corrected chi connectivity index (χ0v) is 14.0. The van der Waals surface area contributed by atoms with Gasteiger partial charge in [0.1, 0.15) is 24.8 Å². The van der Waals surface area contributed by atoms with Crippen molar-refractivity contribution in [3.8, 4) is 11.5 Å². The van der Waals surface area contributed by atoms with E-state index in [1.54, 1.807) is 25.1 Å². The number of nitrogens with one attached hydrogen (secondary N) is 2. The van der Waals surface area contributed by atoms with Gasteiger partial charge in [-0.3, -0.25) is 4.79 Å². The van der Waals surface area contributed by atoms with Crippen molar-refractivity contribution in [2.24, 2.45) is 0 Å². The van der Waals surface area contributed by atoms with Crippen LogP contribution in [0, 0.1) is 6.92 Å². The summed E-state index contributed by atoms with van der Waals surface area (Å²) >= 11 is 0. The van der Waals surface area contributed by atoms with Crippen LogP contribution in [0.25, 0.3) is 0 Å². The lowest BCUT2D eigenvalue weighted by molar-refractivity contribution is 0.102. The first-order valence-electron chi connectivity index (χ1n) is 8.05. The number of hydrogen-bond donors (Lipinski definition) is 2. The molecule has 1 amide bonds. The Morgan fingerprint density at radius 2 is 1.88 bits per heavy atom. The van der Waals surface area contributed by atoms with Crippen LogP contribution < -0.4 is 20.1 Å². The molecule has 0 bridgehead atoms. The van der Waals surface area contributed by atoms with Crippen LogP contribution in [0.5, 0.6) is 11.5 Å². The van der Waals surface area contributed by atoms with Gasteiger partial charge < -0.3 is 24.6 Å². The number of amides is 1. The first-order valence-corrected chi connectivity index (χ1v) is 8.05. The molecule has 1 aliphatic heterocycles. The van der Waals surface area contributed by atoms with Crippen LogP contribution in [-0.2, 0) is 0 Å². The normalized spacial score (nSPS) is 12.5. The van der Waals surface area contributed by atoms with Gasteiger partial charge in [-0.15, -0.1) is 0 Å². The summed E-state index contributed by atoms with van der Waals surface area (Å²) in [5.74, 6) is 2.71. The fourth-order valence-corrected chi connectivity index (χ4v) is 2.48. The van der Waals surface area contributed by atoms with Crippen molar-refractivity contribution in [2.45, 2.75) is 6.92 Å². The minimum Gasteiger partial charge on any atom is -0.486 e. The van der Waals surface area contributed by atoms with Gasteiger partial charge in [-0.25, -0.2) is 4.98 Å². The van der Waals surface area contributed by atoms with Crippen molar-refractivity contribution in [1.29, 1.82) is 0 Å². The van der Waals surface area contributed by atoms with E-state index in [-0.39, 0.29) is 5.91 Å². The van der Waals surface area contributed by atoms with Gasteiger partial charge in [0.25, 0.3) is 5.91 Å². The molecule has 8 heteroatoms. The highest BCUT2D eigenvalue weighted by Gasteiger charge is 2.13. The molecule has 0 fully saturated rings. The highest BCUT2D eigenvalue weighted by atomic mass is 16.6. The van der Waals surface area contributed by atoms with Gasteiger partial charge in [0.05, 0.1) is 5.56 Å². The Kier molecular flexibility index (Phi) is 4.14. The highest BCUT2D eigenvalue weighted by molar-refractivity contribution is 6.03. The second kappa shape index (κ2) is 6.75. The third kappa shape index (κ3) is 3.44. The number of hydrogen-bond acceptors (Lipinski definition) is 7. The maximum Gasteiger partial charge on any atom is 0.258 e. The van der Waals surface area contributed by atoms with Gasteiger partial charge in [-0.05, 0) is 31.2 Å². The standard InChI is InChI=1S/C18H16N4O4/c1-11-8-17(22-26-11)21-18(23)12-2-5-16(19-10-12)20-13-3-4-14-15(9-13)25-7-6-24-14/h2-5,8-10H,6-7H2,1H3,(H,19,20)(H,21,22,23). The molecule has 3 heterocycles. The Labute approximate surface area is 149 Å². The lowest BCUT2D eigenvalue weighted by atomic mass is 10.2. The lowest BCUT2D eigenvalue weighted by Gasteiger charge is -2.19. The summed E-state index contributed by atoms with van der Waals surface area (Å²) in [6.45, 7) is 2.84. The minimum absolute atomic E-state index is 0.309. The molecule has 2 N–H and O–H groups in total. The topological polar surface area (TPSA) is 98.5 Å². The molecule has 8 nitrogen and oxygen atoms in total. The maximum absolute atomic E-state index is 12.2. The average molecular weight is 352 g/mol.